The van der Waals surface area contributed by atoms with E-state index in [4.69, 9.17) is 11.6 Å². The number of ether oxygens (including phenoxy) is 1. The Bertz CT molecular complexity index is 849. The minimum atomic E-state index is -3.03. The number of amides is 2. The highest BCUT2D eigenvalue weighted by molar-refractivity contribution is 6.30. The molecule has 2 heterocycles. The normalized spacial score (nSPS) is 16.7. The van der Waals surface area contributed by atoms with Gasteiger partial charge in [0.2, 0.25) is 5.91 Å². The lowest BCUT2D eigenvalue weighted by molar-refractivity contribution is -0.121. The Morgan fingerprint density at radius 1 is 1.25 bits per heavy atom. The molecule has 9 heteroatoms. The first kappa shape index (κ1) is 20.0. The Morgan fingerprint density at radius 3 is 2.75 bits per heavy atom. The van der Waals surface area contributed by atoms with Crippen LogP contribution in [0, 0.1) is 5.92 Å². The number of alkyl halides is 2. The molecule has 1 aliphatic heterocycles. The number of pyridine rings is 1. The number of para-hydroxylation sites is 1. The predicted octanol–water partition coefficient (Wildman–Crippen LogP) is 3.83. The van der Waals surface area contributed by atoms with Crippen molar-refractivity contribution >= 4 is 29.2 Å². The summed E-state index contributed by atoms with van der Waals surface area (Å²) in [5.41, 5.74) is 0.0447. The van der Waals surface area contributed by atoms with Gasteiger partial charge in [0.05, 0.1) is 16.5 Å². The molecule has 3 rings (SSSR count). The molecule has 0 radical (unpaired) electrons. The van der Waals surface area contributed by atoms with Crippen LogP contribution >= 0.6 is 11.6 Å². The fourth-order valence-electron chi connectivity index (χ4n) is 3.07. The third-order valence-corrected chi connectivity index (χ3v) is 4.62. The standard InChI is InChI=1S/C19H18ClF2N3O3/c20-13-7-8-16(23-10-13)24-17(26)12-4-3-9-25(11-12)18(27)14-5-1-2-6-15(14)28-19(21)22/h1-2,5-8,10,12,19H,3-4,9,11H2,(H,23,24,26)/t12-/m0/s1. The van der Waals surface area contributed by atoms with Crippen LogP contribution < -0.4 is 10.1 Å². The number of nitrogens with zero attached hydrogens (tertiary/aromatic N) is 2. The Balaban J connectivity index is 1.68. The summed E-state index contributed by atoms with van der Waals surface area (Å²) in [4.78, 5) is 30.8. The zero-order valence-electron chi connectivity index (χ0n) is 14.8. The number of hydrogen-bond acceptors (Lipinski definition) is 4. The monoisotopic (exact) mass is 409 g/mol. The first-order valence-electron chi connectivity index (χ1n) is 8.69. The highest BCUT2D eigenvalue weighted by Gasteiger charge is 2.30. The number of hydrogen-bond donors (Lipinski definition) is 1. The van der Waals surface area contributed by atoms with Crippen molar-refractivity contribution in [2.75, 3.05) is 18.4 Å². The Labute approximate surface area is 165 Å². The number of likely N-dealkylation sites (tertiary alicyclic amines) is 1. The summed E-state index contributed by atoms with van der Waals surface area (Å²) >= 11 is 5.78. The smallest absolute Gasteiger partial charge is 0.387 e. The molecule has 1 aliphatic rings. The summed E-state index contributed by atoms with van der Waals surface area (Å²) in [6.07, 6.45) is 2.65. The first-order valence-corrected chi connectivity index (χ1v) is 9.07. The molecule has 0 spiro atoms. The fraction of sp³-hybridized carbons (Fsp3) is 0.316. The van der Waals surface area contributed by atoms with Crippen LogP contribution in [0.5, 0.6) is 5.75 Å². The maximum atomic E-state index is 12.8. The lowest BCUT2D eigenvalue weighted by atomic mass is 9.96. The molecule has 0 unspecified atom stereocenters. The molecule has 0 saturated carbocycles. The molecule has 0 bridgehead atoms. The van der Waals surface area contributed by atoms with Crippen LogP contribution in [-0.2, 0) is 4.79 Å². The Hall–Kier alpha value is -2.74. The minimum Gasteiger partial charge on any atom is -0.434 e. The molecule has 0 aliphatic carbocycles. The predicted molar refractivity (Wildman–Crippen MR) is 99.6 cm³/mol. The molecule has 148 valence electrons. The number of piperidine rings is 1. The van der Waals surface area contributed by atoms with Gasteiger partial charge in [-0.1, -0.05) is 23.7 Å². The number of carbonyl (C=O) groups excluding carboxylic acids is 2. The van der Waals surface area contributed by atoms with E-state index in [1.54, 1.807) is 18.2 Å². The van der Waals surface area contributed by atoms with E-state index in [1.807, 2.05) is 0 Å². The van der Waals surface area contributed by atoms with E-state index in [9.17, 15) is 18.4 Å². The van der Waals surface area contributed by atoms with E-state index in [2.05, 4.69) is 15.0 Å². The lowest BCUT2D eigenvalue weighted by Crippen LogP contribution is -2.44. The molecule has 1 N–H and O–H groups in total. The Morgan fingerprint density at radius 2 is 2.04 bits per heavy atom. The maximum absolute atomic E-state index is 12.8. The van der Waals surface area contributed by atoms with E-state index in [0.717, 1.165) is 0 Å². The van der Waals surface area contributed by atoms with Crippen LogP contribution in [0.1, 0.15) is 23.2 Å². The SMILES string of the molecule is O=C(Nc1ccc(Cl)cn1)[C@H]1CCCN(C(=O)c2ccccc2OC(F)F)C1. The molecule has 1 atom stereocenters. The number of aromatic nitrogens is 1. The van der Waals surface area contributed by atoms with Crippen LogP contribution in [0.2, 0.25) is 5.02 Å². The second kappa shape index (κ2) is 8.97. The van der Waals surface area contributed by atoms with Crippen LogP contribution in [0.25, 0.3) is 0 Å². The second-order valence-corrected chi connectivity index (χ2v) is 6.75. The molecule has 2 aromatic rings. The van der Waals surface area contributed by atoms with Gasteiger partial charge < -0.3 is 15.0 Å². The van der Waals surface area contributed by atoms with Crippen LogP contribution in [0.4, 0.5) is 14.6 Å². The number of rotatable bonds is 5. The zero-order valence-corrected chi connectivity index (χ0v) is 15.5. The molecule has 28 heavy (non-hydrogen) atoms. The average molecular weight is 410 g/mol. The van der Waals surface area contributed by atoms with Crippen LogP contribution in [0.3, 0.4) is 0 Å². The Kier molecular flexibility index (Phi) is 6.41. The van der Waals surface area contributed by atoms with Crippen molar-refractivity contribution in [3.63, 3.8) is 0 Å². The first-order chi connectivity index (χ1) is 13.4. The maximum Gasteiger partial charge on any atom is 0.387 e. The van der Waals surface area contributed by atoms with Crippen LogP contribution in [0.15, 0.2) is 42.6 Å². The van der Waals surface area contributed by atoms with Crippen molar-refractivity contribution in [3.8, 4) is 5.75 Å². The summed E-state index contributed by atoms with van der Waals surface area (Å²) in [6, 6.07) is 9.04. The molecular formula is C19H18ClF2N3O3. The molecule has 1 aromatic heterocycles. The largest absolute Gasteiger partial charge is 0.434 e. The molecule has 6 nitrogen and oxygen atoms in total. The van der Waals surface area contributed by atoms with E-state index in [0.29, 0.717) is 30.2 Å². The van der Waals surface area contributed by atoms with Crippen molar-refractivity contribution in [2.24, 2.45) is 5.92 Å². The van der Waals surface area contributed by atoms with Gasteiger partial charge in [-0.05, 0) is 37.1 Å². The van der Waals surface area contributed by atoms with Crippen molar-refractivity contribution < 1.29 is 23.1 Å². The highest BCUT2D eigenvalue weighted by Crippen LogP contribution is 2.25. The summed E-state index contributed by atoms with van der Waals surface area (Å²) in [5.74, 6) is -0.950. The van der Waals surface area contributed by atoms with Gasteiger partial charge >= 0.3 is 6.61 Å². The molecule has 2 amide bonds. The molecule has 1 saturated heterocycles. The molecular weight excluding hydrogens is 392 g/mol. The molecule has 1 fully saturated rings. The van der Waals surface area contributed by atoms with Crippen LogP contribution in [-0.4, -0.2) is 41.4 Å². The van der Waals surface area contributed by atoms with E-state index < -0.39 is 18.4 Å². The number of anilines is 1. The average Bonchev–Trinajstić information content (AvgIpc) is 2.69. The molecule has 1 aromatic carbocycles. The second-order valence-electron chi connectivity index (χ2n) is 6.32. The van der Waals surface area contributed by atoms with Gasteiger partial charge in [0.1, 0.15) is 11.6 Å². The lowest BCUT2D eigenvalue weighted by Gasteiger charge is -2.32. The van der Waals surface area contributed by atoms with Gasteiger partial charge in [-0.25, -0.2) is 4.98 Å². The van der Waals surface area contributed by atoms with Gasteiger partial charge in [-0.3, -0.25) is 9.59 Å². The minimum absolute atomic E-state index is 0.0447. The topological polar surface area (TPSA) is 71.5 Å². The number of nitrogens with one attached hydrogen (secondary N) is 1. The van der Waals surface area contributed by atoms with E-state index >= 15 is 0 Å². The number of benzene rings is 1. The third kappa shape index (κ3) is 4.95. The van der Waals surface area contributed by atoms with Crippen molar-refractivity contribution in [3.05, 3.63) is 53.2 Å². The van der Waals surface area contributed by atoms with Gasteiger partial charge in [-0.15, -0.1) is 0 Å². The number of carbonyl (C=O) groups is 2. The van der Waals surface area contributed by atoms with Crippen molar-refractivity contribution in [1.82, 2.24) is 9.88 Å². The highest BCUT2D eigenvalue weighted by atomic mass is 35.5. The van der Waals surface area contributed by atoms with Gasteiger partial charge in [-0.2, -0.15) is 8.78 Å². The number of halogens is 3. The van der Waals surface area contributed by atoms with Gasteiger partial charge in [0.15, 0.2) is 0 Å². The fourth-order valence-corrected chi connectivity index (χ4v) is 3.18. The van der Waals surface area contributed by atoms with Gasteiger partial charge in [0.25, 0.3) is 5.91 Å². The van der Waals surface area contributed by atoms with E-state index in [1.165, 1.54) is 29.3 Å². The quantitative estimate of drug-likeness (QED) is 0.814. The van der Waals surface area contributed by atoms with E-state index in [-0.39, 0.29) is 23.8 Å². The van der Waals surface area contributed by atoms with Crippen molar-refractivity contribution in [1.29, 1.82) is 0 Å². The summed E-state index contributed by atoms with van der Waals surface area (Å²) in [7, 11) is 0. The summed E-state index contributed by atoms with van der Waals surface area (Å²) < 4.78 is 29.6. The summed E-state index contributed by atoms with van der Waals surface area (Å²) in [5, 5.41) is 3.16. The zero-order chi connectivity index (χ0) is 20.1. The third-order valence-electron chi connectivity index (χ3n) is 4.39. The van der Waals surface area contributed by atoms with Gasteiger partial charge in [0, 0.05) is 19.3 Å². The van der Waals surface area contributed by atoms with Crippen molar-refractivity contribution in [2.45, 2.75) is 19.5 Å². The summed E-state index contributed by atoms with van der Waals surface area (Å²) in [6.45, 7) is -2.41.